The van der Waals surface area contributed by atoms with E-state index >= 15 is 0 Å². The Hall–Kier alpha value is -3.47. The van der Waals surface area contributed by atoms with E-state index in [4.69, 9.17) is 9.47 Å². The van der Waals surface area contributed by atoms with Gasteiger partial charge >= 0.3 is 0 Å². The van der Waals surface area contributed by atoms with Gasteiger partial charge in [-0.05, 0) is 52.8 Å². The minimum Gasteiger partial charge on any atom is -0.490 e. The Kier molecular flexibility index (Phi) is 8.76. The Morgan fingerprint density at radius 1 is 1.12 bits per heavy atom. The van der Waals surface area contributed by atoms with Crippen LogP contribution in [0.1, 0.15) is 23.6 Å². The molecule has 1 N–H and O–H groups in total. The molecular formula is C24H22IN3O5. The summed E-state index contributed by atoms with van der Waals surface area (Å²) in [7, 11) is 0. The normalized spacial score (nSPS) is 10.7. The summed E-state index contributed by atoms with van der Waals surface area (Å²) in [6, 6.07) is 19.6. The van der Waals surface area contributed by atoms with Crippen LogP contribution < -0.4 is 14.9 Å². The lowest BCUT2D eigenvalue weighted by molar-refractivity contribution is -0.385. The number of nitro groups is 1. The van der Waals surface area contributed by atoms with E-state index in [1.165, 1.54) is 12.3 Å². The molecular weight excluding hydrogens is 537 g/mol. The molecule has 0 heterocycles. The van der Waals surface area contributed by atoms with E-state index in [0.29, 0.717) is 35.8 Å². The van der Waals surface area contributed by atoms with Gasteiger partial charge in [-0.3, -0.25) is 14.9 Å². The van der Waals surface area contributed by atoms with Gasteiger partial charge in [-0.25, -0.2) is 5.43 Å². The van der Waals surface area contributed by atoms with Crippen molar-refractivity contribution < 1.29 is 19.2 Å². The molecule has 8 nitrogen and oxygen atoms in total. The highest BCUT2D eigenvalue weighted by Gasteiger charge is 2.15. The minimum absolute atomic E-state index is 0.0985. The number of carbonyl (C=O) groups is 1. The molecule has 0 bridgehead atoms. The molecule has 3 rings (SSSR count). The van der Waals surface area contributed by atoms with Crippen LogP contribution in [0, 0.1) is 13.7 Å². The van der Waals surface area contributed by atoms with Crippen LogP contribution in [0.4, 0.5) is 5.69 Å². The van der Waals surface area contributed by atoms with Crippen molar-refractivity contribution in [1.82, 2.24) is 5.43 Å². The van der Waals surface area contributed by atoms with Crippen molar-refractivity contribution in [2.75, 3.05) is 6.61 Å². The molecule has 0 aliphatic carbocycles. The van der Waals surface area contributed by atoms with Gasteiger partial charge in [-0.15, -0.1) is 0 Å². The molecule has 0 radical (unpaired) electrons. The van der Waals surface area contributed by atoms with Gasteiger partial charge in [0.25, 0.3) is 5.69 Å². The zero-order valence-electron chi connectivity index (χ0n) is 17.9. The Morgan fingerprint density at radius 2 is 1.85 bits per heavy atom. The molecule has 0 aliphatic rings. The lowest BCUT2D eigenvalue weighted by Gasteiger charge is -2.14. The molecule has 170 valence electrons. The Labute approximate surface area is 204 Å². The van der Waals surface area contributed by atoms with Crippen LogP contribution in [0.25, 0.3) is 0 Å². The number of hydrogen-bond acceptors (Lipinski definition) is 6. The summed E-state index contributed by atoms with van der Waals surface area (Å²) in [5.41, 5.74) is 4.39. The molecule has 0 saturated carbocycles. The van der Waals surface area contributed by atoms with E-state index < -0.39 is 10.8 Å². The minimum atomic E-state index is -0.509. The Bertz CT molecular complexity index is 1150. The Balaban J connectivity index is 1.67. The molecule has 1 amide bonds. The van der Waals surface area contributed by atoms with Crippen molar-refractivity contribution in [3.05, 3.63) is 97.1 Å². The van der Waals surface area contributed by atoms with E-state index in [1.807, 2.05) is 43.3 Å². The number of amides is 1. The van der Waals surface area contributed by atoms with Crippen molar-refractivity contribution in [1.29, 1.82) is 0 Å². The maximum atomic E-state index is 12.2. The lowest BCUT2D eigenvalue weighted by atomic mass is 10.1. The van der Waals surface area contributed by atoms with E-state index in [-0.39, 0.29) is 12.1 Å². The zero-order valence-corrected chi connectivity index (χ0v) is 20.0. The number of hydrogen-bond donors (Lipinski definition) is 1. The van der Waals surface area contributed by atoms with Crippen LogP contribution in [-0.2, 0) is 17.8 Å². The van der Waals surface area contributed by atoms with Gasteiger partial charge in [-0.2, -0.15) is 5.10 Å². The summed E-state index contributed by atoms with van der Waals surface area (Å²) in [5, 5.41) is 15.1. The third kappa shape index (κ3) is 7.01. The molecule has 3 aromatic carbocycles. The van der Waals surface area contributed by atoms with E-state index in [2.05, 4.69) is 33.1 Å². The summed E-state index contributed by atoms with van der Waals surface area (Å²) in [6.45, 7) is 2.76. The summed E-state index contributed by atoms with van der Waals surface area (Å²) in [5.74, 6) is 0.759. The predicted molar refractivity (Wildman–Crippen MR) is 134 cm³/mol. The van der Waals surface area contributed by atoms with E-state index in [9.17, 15) is 14.9 Å². The Morgan fingerprint density at radius 3 is 2.58 bits per heavy atom. The number of nitro benzene ring substituents is 1. The van der Waals surface area contributed by atoms with E-state index in [0.717, 1.165) is 9.13 Å². The van der Waals surface area contributed by atoms with Crippen LogP contribution >= 0.6 is 22.6 Å². The maximum Gasteiger partial charge on any atom is 0.273 e. The molecule has 0 saturated heterocycles. The van der Waals surface area contributed by atoms with Crippen molar-refractivity contribution in [3.63, 3.8) is 0 Å². The fourth-order valence-electron chi connectivity index (χ4n) is 3.02. The smallest absolute Gasteiger partial charge is 0.273 e. The number of para-hydroxylation sites is 1. The number of benzene rings is 3. The van der Waals surface area contributed by atoms with Gasteiger partial charge in [0.15, 0.2) is 11.5 Å². The number of hydrazone groups is 1. The summed E-state index contributed by atoms with van der Waals surface area (Å²) in [6.07, 6.45) is 1.34. The third-order valence-electron chi connectivity index (χ3n) is 4.50. The molecule has 33 heavy (non-hydrogen) atoms. The van der Waals surface area contributed by atoms with Crippen molar-refractivity contribution >= 4 is 40.4 Å². The highest BCUT2D eigenvalue weighted by molar-refractivity contribution is 14.1. The van der Waals surface area contributed by atoms with Crippen molar-refractivity contribution in [2.24, 2.45) is 5.10 Å². The van der Waals surface area contributed by atoms with Gasteiger partial charge < -0.3 is 9.47 Å². The quantitative estimate of drug-likeness (QED) is 0.165. The molecule has 0 unspecified atom stereocenters. The molecule has 9 heteroatoms. The standard InChI is InChI=1S/C24H22IN3O5/c1-2-32-22-13-18(12-20(25)24(22)33-16-17-8-4-3-5-9-17)15-26-27-23(29)14-19-10-6-7-11-21(19)28(30)31/h3-13,15H,2,14,16H2,1H3,(H,27,29)/b26-15+. The van der Waals surface area contributed by atoms with Gasteiger partial charge in [0.1, 0.15) is 6.61 Å². The molecule has 0 spiro atoms. The van der Waals surface area contributed by atoms with Crippen molar-refractivity contribution in [3.8, 4) is 11.5 Å². The first-order chi connectivity index (χ1) is 16.0. The number of rotatable bonds is 10. The van der Waals surface area contributed by atoms with E-state index in [1.54, 1.807) is 24.3 Å². The van der Waals surface area contributed by atoms with Crippen LogP contribution in [0.3, 0.4) is 0 Å². The second kappa shape index (κ2) is 12.0. The molecule has 0 aromatic heterocycles. The summed E-state index contributed by atoms with van der Waals surface area (Å²) < 4.78 is 12.6. The average Bonchev–Trinajstić information content (AvgIpc) is 2.79. The maximum absolute atomic E-state index is 12.2. The molecule has 3 aromatic rings. The fourth-order valence-corrected chi connectivity index (χ4v) is 3.81. The lowest BCUT2D eigenvalue weighted by Crippen LogP contribution is -2.20. The highest BCUT2D eigenvalue weighted by atomic mass is 127. The number of carbonyl (C=O) groups excluding carboxylic acids is 1. The SMILES string of the molecule is CCOc1cc(/C=N/NC(=O)Cc2ccccc2[N+](=O)[O-])cc(I)c1OCc1ccccc1. The first-order valence-corrected chi connectivity index (χ1v) is 11.2. The van der Waals surface area contributed by atoms with Crippen LogP contribution in [0.15, 0.2) is 71.8 Å². The zero-order chi connectivity index (χ0) is 23.6. The number of ether oxygens (including phenoxy) is 2. The molecule has 0 fully saturated rings. The van der Waals surface area contributed by atoms with Gasteiger partial charge in [0.2, 0.25) is 5.91 Å². The topological polar surface area (TPSA) is 103 Å². The first-order valence-electron chi connectivity index (χ1n) is 10.1. The summed E-state index contributed by atoms with van der Waals surface area (Å²) in [4.78, 5) is 22.8. The van der Waals surface area contributed by atoms with Gasteiger partial charge in [0.05, 0.1) is 27.7 Å². The third-order valence-corrected chi connectivity index (χ3v) is 5.30. The van der Waals surface area contributed by atoms with Crippen LogP contribution in [0.5, 0.6) is 11.5 Å². The fraction of sp³-hybridized carbons (Fsp3) is 0.167. The predicted octanol–water partition coefficient (Wildman–Crippen LogP) is 4.87. The van der Waals surface area contributed by atoms with Crippen molar-refractivity contribution in [2.45, 2.75) is 20.0 Å². The van der Waals surface area contributed by atoms with Gasteiger partial charge in [-0.1, -0.05) is 48.5 Å². The molecule has 0 aliphatic heterocycles. The van der Waals surface area contributed by atoms with Crippen LogP contribution in [-0.4, -0.2) is 23.7 Å². The van der Waals surface area contributed by atoms with Crippen LogP contribution in [0.2, 0.25) is 0 Å². The second-order valence-electron chi connectivity index (χ2n) is 6.89. The second-order valence-corrected chi connectivity index (χ2v) is 8.06. The largest absolute Gasteiger partial charge is 0.490 e. The first kappa shape index (κ1) is 24.2. The van der Waals surface area contributed by atoms with Gasteiger partial charge in [0, 0.05) is 11.6 Å². The summed E-state index contributed by atoms with van der Waals surface area (Å²) >= 11 is 2.17. The number of nitrogens with zero attached hydrogens (tertiary/aromatic N) is 2. The number of nitrogens with one attached hydrogen (secondary N) is 1. The number of halogens is 1. The average molecular weight is 559 g/mol. The highest BCUT2D eigenvalue weighted by Crippen LogP contribution is 2.34. The monoisotopic (exact) mass is 559 g/mol. The molecule has 0 atom stereocenters.